The molecule has 3 heteroatoms. The van der Waals surface area contributed by atoms with Gasteiger partial charge in [0.05, 0.1) is 24.2 Å². The van der Waals surface area contributed by atoms with Gasteiger partial charge in [-0.2, -0.15) is 5.26 Å². The number of hydrogen-bond acceptors (Lipinski definition) is 3. The van der Waals surface area contributed by atoms with Crippen LogP contribution in [0.5, 0.6) is 0 Å². The molecule has 0 radical (unpaired) electrons. The van der Waals surface area contributed by atoms with Gasteiger partial charge in [0.25, 0.3) is 0 Å². The molecule has 0 heterocycles. The summed E-state index contributed by atoms with van der Waals surface area (Å²) in [6, 6.07) is 10.2. The molecule has 2 rings (SSSR count). The Balaban J connectivity index is 2.25. The number of aliphatic hydroxyl groups excluding tert-OH is 1. The highest BCUT2D eigenvalue weighted by Crippen LogP contribution is 2.44. The van der Waals surface area contributed by atoms with E-state index in [0.717, 1.165) is 36.8 Å². The number of rotatable bonds is 4. The van der Waals surface area contributed by atoms with Crippen LogP contribution in [0.3, 0.4) is 0 Å². The van der Waals surface area contributed by atoms with Crippen LogP contribution in [0.1, 0.15) is 55.8 Å². The van der Waals surface area contributed by atoms with Gasteiger partial charge in [-0.25, -0.2) is 0 Å². The molecule has 0 saturated heterocycles. The molecule has 0 spiro atoms. The van der Waals surface area contributed by atoms with Crippen molar-refractivity contribution in [2.24, 2.45) is 5.41 Å². The van der Waals surface area contributed by atoms with Crippen LogP contribution in [0.2, 0.25) is 0 Å². The van der Waals surface area contributed by atoms with Crippen molar-refractivity contribution in [1.29, 1.82) is 5.26 Å². The number of ether oxygens (including phenoxy) is 1. The lowest BCUT2D eigenvalue weighted by atomic mass is 9.74. The highest BCUT2D eigenvalue weighted by atomic mass is 16.5. The third-order valence-corrected chi connectivity index (χ3v) is 4.32. The van der Waals surface area contributed by atoms with Crippen LogP contribution < -0.4 is 0 Å². The van der Waals surface area contributed by atoms with Crippen molar-refractivity contribution in [2.75, 3.05) is 7.11 Å². The standard InChI is InChI=1S/C17H23NO2/c1-20-12-14-7-6-8-15(11-14)16(19)17(13-18)9-4-2-3-5-10-17/h6-8,11,16,19H,2-5,9-10,12H2,1H3. The third-order valence-electron chi connectivity index (χ3n) is 4.32. The fourth-order valence-corrected chi connectivity index (χ4v) is 3.14. The molecule has 0 aromatic heterocycles. The van der Waals surface area contributed by atoms with E-state index in [1.165, 1.54) is 12.8 Å². The Morgan fingerprint density at radius 1 is 1.30 bits per heavy atom. The Bertz CT molecular complexity index is 470. The molecule has 3 nitrogen and oxygen atoms in total. The molecular formula is C17H23NO2. The number of benzene rings is 1. The van der Waals surface area contributed by atoms with Crippen LogP contribution in [0.4, 0.5) is 0 Å². The van der Waals surface area contributed by atoms with Gasteiger partial charge in [-0.1, -0.05) is 49.9 Å². The molecule has 1 atom stereocenters. The minimum atomic E-state index is -0.706. The van der Waals surface area contributed by atoms with E-state index in [9.17, 15) is 10.4 Å². The summed E-state index contributed by atoms with van der Waals surface area (Å²) in [5.41, 5.74) is 1.25. The maximum Gasteiger partial charge on any atom is 0.0976 e. The van der Waals surface area contributed by atoms with E-state index in [1.807, 2.05) is 24.3 Å². The molecule has 1 aromatic carbocycles. The van der Waals surface area contributed by atoms with Gasteiger partial charge in [0.15, 0.2) is 0 Å². The molecule has 20 heavy (non-hydrogen) atoms. The first-order chi connectivity index (χ1) is 9.72. The summed E-state index contributed by atoms with van der Waals surface area (Å²) in [4.78, 5) is 0. The molecular weight excluding hydrogens is 250 g/mol. The second-order valence-corrected chi connectivity index (χ2v) is 5.76. The second-order valence-electron chi connectivity index (χ2n) is 5.76. The predicted molar refractivity (Wildman–Crippen MR) is 77.9 cm³/mol. The number of nitriles is 1. The SMILES string of the molecule is COCc1cccc(C(O)C2(C#N)CCCCCC2)c1. The molecule has 1 unspecified atom stereocenters. The van der Waals surface area contributed by atoms with Gasteiger partial charge < -0.3 is 9.84 Å². The quantitative estimate of drug-likeness (QED) is 0.850. The van der Waals surface area contributed by atoms with E-state index in [-0.39, 0.29) is 0 Å². The van der Waals surface area contributed by atoms with E-state index in [0.29, 0.717) is 6.61 Å². The Morgan fingerprint density at radius 3 is 2.60 bits per heavy atom. The number of methoxy groups -OCH3 is 1. The van der Waals surface area contributed by atoms with Crippen molar-refractivity contribution in [3.05, 3.63) is 35.4 Å². The molecule has 1 aromatic rings. The maximum absolute atomic E-state index is 10.8. The minimum Gasteiger partial charge on any atom is -0.387 e. The average molecular weight is 273 g/mol. The normalized spacial score (nSPS) is 19.9. The molecule has 1 N–H and O–H groups in total. The zero-order valence-corrected chi connectivity index (χ0v) is 12.1. The van der Waals surface area contributed by atoms with Crippen molar-refractivity contribution < 1.29 is 9.84 Å². The molecule has 1 fully saturated rings. The predicted octanol–water partition coefficient (Wildman–Crippen LogP) is 3.73. The lowest BCUT2D eigenvalue weighted by Crippen LogP contribution is -2.27. The van der Waals surface area contributed by atoms with E-state index in [2.05, 4.69) is 6.07 Å². The zero-order valence-electron chi connectivity index (χ0n) is 12.1. The van der Waals surface area contributed by atoms with Crippen molar-refractivity contribution >= 4 is 0 Å². The first-order valence-electron chi connectivity index (χ1n) is 7.39. The van der Waals surface area contributed by atoms with E-state index in [1.54, 1.807) is 7.11 Å². The highest BCUT2D eigenvalue weighted by Gasteiger charge is 2.39. The average Bonchev–Trinajstić information content (AvgIpc) is 2.73. The van der Waals surface area contributed by atoms with E-state index >= 15 is 0 Å². The smallest absolute Gasteiger partial charge is 0.0976 e. The number of aliphatic hydroxyl groups is 1. The minimum absolute atomic E-state index is 0.528. The summed E-state index contributed by atoms with van der Waals surface area (Å²) in [5, 5.41) is 20.4. The van der Waals surface area contributed by atoms with Crippen LogP contribution >= 0.6 is 0 Å². The summed E-state index contributed by atoms with van der Waals surface area (Å²) in [7, 11) is 1.66. The molecule has 1 saturated carbocycles. The third kappa shape index (κ3) is 3.20. The van der Waals surface area contributed by atoms with Crippen molar-refractivity contribution in [2.45, 2.75) is 51.2 Å². The topological polar surface area (TPSA) is 53.2 Å². The van der Waals surface area contributed by atoms with E-state index < -0.39 is 11.5 Å². The molecule has 0 amide bonds. The van der Waals surface area contributed by atoms with Crippen LogP contribution in [-0.4, -0.2) is 12.2 Å². The summed E-state index contributed by atoms with van der Waals surface area (Å²) in [6.45, 7) is 0.528. The van der Waals surface area contributed by atoms with Crippen LogP contribution in [0.25, 0.3) is 0 Å². The molecule has 108 valence electrons. The Kier molecular flexibility index (Phi) is 5.17. The first kappa shape index (κ1) is 15.0. The van der Waals surface area contributed by atoms with Gasteiger partial charge in [0, 0.05) is 7.11 Å². The Morgan fingerprint density at radius 2 is 2.00 bits per heavy atom. The van der Waals surface area contributed by atoms with Gasteiger partial charge in [0.1, 0.15) is 0 Å². The maximum atomic E-state index is 10.8. The van der Waals surface area contributed by atoms with Gasteiger partial charge >= 0.3 is 0 Å². The Hall–Kier alpha value is -1.37. The lowest BCUT2D eigenvalue weighted by Gasteiger charge is -2.31. The lowest BCUT2D eigenvalue weighted by molar-refractivity contribution is 0.0514. The molecule has 1 aliphatic rings. The zero-order chi connectivity index (χ0) is 14.4. The summed E-state index contributed by atoms with van der Waals surface area (Å²) in [6.07, 6.45) is 5.27. The van der Waals surface area contributed by atoms with Crippen LogP contribution in [0.15, 0.2) is 24.3 Å². The monoisotopic (exact) mass is 273 g/mol. The van der Waals surface area contributed by atoms with Crippen molar-refractivity contribution in [3.63, 3.8) is 0 Å². The van der Waals surface area contributed by atoms with Crippen LogP contribution in [0, 0.1) is 16.7 Å². The molecule has 1 aliphatic carbocycles. The fraction of sp³-hybridized carbons (Fsp3) is 0.588. The Labute approximate surface area is 121 Å². The summed E-state index contributed by atoms with van der Waals surface area (Å²) >= 11 is 0. The highest BCUT2D eigenvalue weighted by molar-refractivity contribution is 5.28. The first-order valence-corrected chi connectivity index (χ1v) is 7.39. The van der Waals surface area contributed by atoms with Crippen LogP contribution in [-0.2, 0) is 11.3 Å². The van der Waals surface area contributed by atoms with Crippen molar-refractivity contribution in [3.8, 4) is 6.07 Å². The summed E-state index contributed by atoms with van der Waals surface area (Å²) < 4.78 is 5.13. The number of hydrogen-bond donors (Lipinski definition) is 1. The van der Waals surface area contributed by atoms with Gasteiger partial charge in [-0.3, -0.25) is 0 Å². The fourth-order valence-electron chi connectivity index (χ4n) is 3.14. The molecule has 0 aliphatic heterocycles. The number of nitrogens with zero attached hydrogens (tertiary/aromatic N) is 1. The molecule has 0 bridgehead atoms. The van der Waals surface area contributed by atoms with Gasteiger partial charge in [-0.05, 0) is 24.0 Å². The van der Waals surface area contributed by atoms with E-state index in [4.69, 9.17) is 4.74 Å². The van der Waals surface area contributed by atoms with Crippen molar-refractivity contribution in [1.82, 2.24) is 0 Å². The van der Waals surface area contributed by atoms with Gasteiger partial charge in [0.2, 0.25) is 0 Å². The van der Waals surface area contributed by atoms with Gasteiger partial charge in [-0.15, -0.1) is 0 Å². The largest absolute Gasteiger partial charge is 0.387 e. The second kappa shape index (κ2) is 6.88. The summed E-state index contributed by atoms with van der Waals surface area (Å²) in [5.74, 6) is 0.